The molecule has 1 aromatic carbocycles. The molecule has 1 saturated heterocycles. The van der Waals surface area contributed by atoms with Crippen molar-refractivity contribution in [3.05, 3.63) is 29.6 Å². The highest BCUT2D eigenvalue weighted by Crippen LogP contribution is 2.35. The molecule has 1 N–H and O–H groups in total. The Balaban J connectivity index is 1.81. The van der Waals surface area contributed by atoms with E-state index in [0.717, 1.165) is 24.9 Å². The predicted molar refractivity (Wildman–Crippen MR) is 64.6 cm³/mol. The van der Waals surface area contributed by atoms with Gasteiger partial charge in [-0.25, -0.2) is 4.39 Å². The van der Waals surface area contributed by atoms with E-state index in [-0.39, 0.29) is 11.9 Å². The van der Waals surface area contributed by atoms with Crippen molar-refractivity contribution < 1.29 is 9.13 Å². The number of para-hydroxylation sites is 1. The fourth-order valence-electron chi connectivity index (χ4n) is 2.39. The van der Waals surface area contributed by atoms with E-state index in [1.807, 2.05) is 6.07 Å². The smallest absolute Gasteiger partial charge is 0.165 e. The normalized spacial score (nSPS) is 23.9. The van der Waals surface area contributed by atoms with Crippen LogP contribution >= 0.6 is 0 Å². The van der Waals surface area contributed by atoms with E-state index in [2.05, 4.69) is 5.32 Å². The highest BCUT2D eigenvalue weighted by atomic mass is 19.1. The first-order chi connectivity index (χ1) is 8.34. The summed E-state index contributed by atoms with van der Waals surface area (Å²) >= 11 is 0. The maximum atomic E-state index is 13.8. The van der Waals surface area contributed by atoms with Gasteiger partial charge in [-0.05, 0) is 44.2 Å². The lowest BCUT2D eigenvalue weighted by Gasteiger charge is -2.17. The van der Waals surface area contributed by atoms with Gasteiger partial charge in [0.2, 0.25) is 0 Å². The van der Waals surface area contributed by atoms with Gasteiger partial charge in [-0.2, -0.15) is 0 Å². The Bertz CT molecular complexity index is 397. The lowest BCUT2D eigenvalue weighted by atomic mass is 10.0. The molecule has 2 nitrogen and oxygen atoms in total. The molecule has 1 atom stereocenters. The summed E-state index contributed by atoms with van der Waals surface area (Å²) < 4.78 is 19.5. The van der Waals surface area contributed by atoms with Gasteiger partial charge in [0, 0.05) is 11.6 Å². The lowest BCUT2D eigenvalue weighted by molar-refractivity contribution is 0.279. The fourth-order valence-corrected chi connectivity index (χ4v) is 2.39. The first-order valence-electron chi connectivity index (χ1n) is 6.49. The summed E-state index contributed by atoms with van der Waals surface area (Å²) in [6.07, 6.45) is 4.68. The van der Waals surface area contributed by atoms with Crippen LogP contribution < -0.4 is 10.1 Å². The summed E-state index contributed by atoms with van der Waals surface area (Å²) in [5, 5.41) is 3.40. The molecule has 0 amide bonds. The minimum absolute atomic E-state index is 0.225. The van der Waals surface area contributed by atoms with Gasteiger partial charge in [0.1, 0.15) is 0 Å². The largest absolute Gasteiger partial charge is 0.490 e. The van der Waals surface area contributed by atoms with Crippen molar-refractivity contribution in [2.45, 2.75) is 31.7 Å². The van der Waals surface area contributed by atoms with E-state index >= 15 is 0 Å². The summed E-state index contributed by atoms with van der Waals surface area (Å²) in [7, 11) is 0. The van der Waals surface area contributed by atoms with Gasteiger partial charge in [0.25, 0.3) is 0 Å². The Kier molecular flexibility index (Phi) is 3.02. The number of hydrogen-bond acceptors (Lipinski definition) is 2. The number of hydrogen-bond donors (Lipinski definition) is 1. The van der Waals surface area contributed by atoms with Crippen LogP contribution in [0.4, 0.5) is 4.39 Å². The van der Waals surface area contributed by atoms with Gasteiger partial charge in [-0.15, -0.1) is 0 Å². The van der Waals surface area contributed by atoms with E-state index in [4.69, 9.17) is 4.74 Å². The Labute approximate surface area is 101 Å². The third kappa shape index (κ3) is 2.44. The van der Waals surface area contributed by atoms with E-state index in [9.17, 15) is 4.39 Å². The number of rotatable bonds is 4. The number of nitrogens with one attached hydrogen (secondary N) is 1. The van der Waals surface area contributed by atoms with Crippen molar-refractivity contribution in [1.29, 1.82) is 0 Å². The molecule has 0 spiro atoms. The van der Waals surface area contributed by atoms with Crippen molar-refractivity contribution in [3.63, 3.8) is 0 Å². The Morgan fingerprint density at radius 3 is 2.88 bits per heavy atom. The van der Waals surface area contributed by atoms with Crippen LogP contribution in [0.5, 0.6) is 5.75 Å². The van der Waals surface area contributed by atoms with Crippen LogP contribution in [0.15, 0.2) is 18.2 Å². The average molecular weight is 235 g/mol. The van der Waals surface area contributed by atoms with Crippen LogP contribution in [-0.2, 0) is 0 Å². The van der Waals surface area contributed by atoms with Gasteiger partial charge in [-0.3, -0.25) is 0 Å². The quantitative estimate of drug-likeness (QED) is 0.866. The standard InChI is InChI=1S/C14H18FNO/c15-12-4-1-3-11(13-5-2-8-16-13)14(12)17-9-10-6-7-10/h1,3-4,10,13,16H,2,5-9H2. The summed E-state index contributed by atoms with van der Waals surface area (Å²) in [5.41, 5.74) is 0.989. The molecule has 1 aromatic rings. The van der Waals surface area contributed by atoms with Crippen LogP contribution in [0.2, 0.25) is 0 Å². The van der Waals surface area contributed by atoms with Crippen LogP contribution in [0.3, 0.4) is 0 Å². The molecule has 3 heteroatoms. The predicted octanol–water partition coefficient (Wildman–Crippen LogP) is 3.04. The van der Waals surface area contributed by atoms with E-state index < -0.39 is 0 Å². The van der Waals surface area contributed by atoms with Crippen molar-refractivity contribution in [2.75, 3.05) is 13.2 Å². The number of halogens is 1. The van der Waals surface area contributed by atoms with Crippen molar-refractivity contribution in [2.24, 2.45) is 5.92 Å². The Morgan fingerprint density at radius 1 is 1.29 bits per heavy atom. The van der Waals surface area contributed by atoms with Crippen LogP contribution in [0.1, 0.15) is 37.3 Å². The maximum absolute atomic E-state index is 13.8. The zero-order valence-corrected chi connectivity index (χ0v) is 9.92. The minimum Gasteiger partial charge on any atom is -0.490 e. The topological polar surface area (TPSA) is 21.3 Å². The summed E-state index contributed by atoms with van der Waals surface area (Å²) in [6.45, 7) is 1.68. The summed E-state index contributed by atoms with van der Waals surface area (Å²) in [4.78, 5) is 0. The molecule has 2 fully saturated rings. The minimum atomic E-state index is -0.225. The molecule has 1 saturated carbocycles. The van der Waals surface area contributed by atoms with Gasteiger partial charge in [0.15, 0.2) is 11.6 Å². The molecule has 3 rings (SSSR count). The Hall–Kier alpha value is -1.09. The molecular formula is C14H18FNO. The van der Waals surface area contributed by atoms with Gasteiger partial charge in [-0.1, -0.05) is 12.1 Å². The molecule has 0 bridgehead atoms. The highest BCUT2D eigenvalue weighted by molar-refractivity contribution is 5.38. The van der Waals surface area contributed by atoms with Crippen LogP contribution in [-0.4, -0.2) is 13.2 Å². The van der Waals surface area contributed by atoms with Crippen LogP contribution in [0.25, 0.3) is 0 Å². The summed E-state index contributed by atoms with van der Waals surface area (Å²) in [5.74, 6) is 0.898. The Morgan fingerprint density at radius 2 is 2.18 bits per heavy atom. The second-order valence-electron chi connectivity index (χ2n) is 5.06. The van der Waals surface area contributed by atoms with Crippen molar-refractivity contribution in [1.82, 2.24) is 5.32 Å². The second-order valence-corrected chi connectivity index (χ2v) is 5.06. The molecule has 1 heterocycles. The zero-order valence-electron chi connectivity index (χ0n) is 9.92. The molecule has 92 valence electrons. The zero-order chi connectivity index (χ0) is 11.7. The molecule has 0 aromatic heterocycles. The van der Waals surface area contributed by atoms with Crippen molar-refractivity contribution >= 4 is 0 Å². The van der Waals surface area contributed by atoms with E-state index in [1.54, 1.807) is 6.07 Å². The molecule has 1 aliphatic heterocycles. The SMILES string of the molecule is Fc1cccc(C2CCCN2)c1OCC1CC1. The fraction of sp³-hybridized carbons (Fsp3) is 0.571. The number of benzene rings is 1. The highest BCUT2D eigenvalue weighted by Gasteiger charge is 2.25. The van der Waals surface area contributed by atoms with Gasteiger partial charge in [0.05, 0.1) is 6.61 Å². The van der Waals surface area contributed by atoms with Crippen LogP contribution in [0, 0.1) is 11.7 Å². The molecular weight excluding hydrogens is 217 g/mol. The first-order valence-corrected chi connectivity index (χ1v) is 6.49. The molecule has 1 aliphatic carbocycles. The lowest BCUT2D eigenvalue weighted by Crippen LogP contribution is -2.15. The van der Waals surface area contributed by atoms with Gasteiger partial charge < -0.3 is 10.1 Å². The number of ether oxygens (including phenoxy) is 1. The molecule has 17 heavy (non-hydrogen) atoms. The third-order valence-corrected chi connectivity index (χ3v) is 3.59. The van der Waals surface area contributed by atoms with E-state index in [1.165, 1.54) is 18.9 Å². The average Bonchev–Trinajstić information content (AvgIpc) is 3.00. The second kappa shape index (κ2) is 4.65. The van der Waals surface area contributed by atoms with Crippen molar-refractivity contribution in [3.8, 4) is 5.75 Å². The molecule has 2 aliphatic rings. The monoisotopic (exact) mass is 235 g/mol. The molecule has 0 radical (unpaired) electrons. The summed E-state index contributed by atoms with van der Waals surface area (Å²) in [6, 6.07) is 5.50. The maximum Gasteiger partial charge on any atom is 0.165 e. The van der Waals surface area contributed by atoms with Gasteiger partial charge >= 0.3 is 0 Å². The third-order valence-electron chi connectivity index (χ3n) is 3.59. The van der Waals surface area contributed by atoms with E-state index in [0.29, 0.717) is 18.3 Å². The first kappa shape index (κ1) is 11.0. The molecule has 1 unspecified atom stereocenters.